The van der Waals surface area contributed by atoms with E-state index in [0.29, 0.717) is 11.8 Å². The zero-order chi connectivity index (χ0) is 15.0. The second kappa shape index (κ2) is 3.96. The summed E-state index contributed by atoms with van der Waals surface area (Å²) >= 11 is 0. The van der Waals surface area contributed by atoms with E-state index in [9.17, 15) is 19.5 Å². The number of carbonyl (C=O) groups is 3. The largest absolute Gasteiger partial charge is 0.480 e. The van der Waals surface area contributed by atoms with Crippen LogP contribution in [0.4, 0.5) is 0 Å². The number of amides is 2. The van der Waals surface area contributed by atoms with Crippen molar-refractivity contribution in [3.8, 4) is 0 Å². The second-order valence-corrected chi connectivity index (χ2v) is 7.23. The van der Waals surface area contributed by atoms with Gasteiger partial charge in [0.15, 0.2) is 0 Å². The van der Waals surface area contributed by atoms with Crippen LogP contribution in [0.2, 0.25) is 0 Å². The van der Waals surface area contributed by atoms with Crippen LogP contribution in [-0.2, 0) is 14.4 Å². The Morgan fingerprint density at radius 1 is 1.14 bits per heavy atom. The maximum absolute atomic E-state index is 12.8. The van der Waals surface area contributed by atoms with Gasteiger partial charge in [0.1, 0.15) is 6.04 Å². The first-order valence-electron chi connectivity index (χ1n) is 7.71. The molecule has 2 saturated carbocycles. The summed E-state index contributed by atoms with van der Waals surface area (Å²) in [5.74, 6) is -1.12. The van der Waals surface area contributed by atoms with Crippen molar-refractivity contribution in [2.45, 2.75) is 26.3 Å². The highest BCUT2D eigenvalue weighted by Crippen LogP contribution is 2.65. The molecule has 7 atom stereocenters. The molecule has 0 aromatic carbocycles. The topological polar surface area (TPSA) is 74.7 Å². The van der Waals surface area contributed by atoms with Crippen LogP contribution in [0.1, 0.15) is 20.3 Å². The normalized spacial score (nSPS) is 44.0. The summed E-state index contributed by atoms with van der Waals surface area (Å²) in [5, 5.41) is 9.42. The zero-order valence-corrected chi connectivity index (χ0v) is 12.1. The number of rotatable bonds is 3. The molecule has 5 rings (SSSR count). The van der Waals surface area contributed by atoms with Crippen molar-refractivity contribution in [2.24, 2.45) is 41.4 Å². The fourth-order valence-electron chi connectivity index (χ4n) is 4.95. The minimum Gasteiger partial charge on any atom is -0.480 e. The van der Waals surface area contributed by atoms with Crippen LogP contribution in [0.5, 0.6) is 0 Å². The number of carbonyl (C=O) groups excluding carboxylic acids is 2. The van der Waals surface area contributed by atoms with Gasteiger partial charge >= 0.3 is 5.97 Å². The van der Waals surface area contributed by atoms with E-state index in [1.54, 1.807) is 13.8 Å². The second-order valence-electron chi connectivity index (χ2n) is 7.23. The number of imide groups is 1. The Morgan fingerprint density at radius 2 is 1.62 bits per heavy atom. The number of aliphatic carboxylic acids is 1. The van der Waals surface area contributed by atoms with Gasteiger partial charge in [-0.15, -0.1) is 0 Å². The summed E-state index contributed by atoms with van der Waals surface area (Å²) in [7, 11) is 0. The third-order valence-corrected chi connectivity index (χ3v) is 5.86. The van der Waals surface area contributed by atoms with Gasteiger partial charge in [-0.3, -0.25) is 14.5 Å². The van der Waals surface area contributed by atoms with Crippen molar-refractivity contribution in [1.82, 2.24) is 4.90 Å². The maximum Gasteiger partial charge on any atom is 0.327 e. The lowest BCUT2D eigenvalue weighted by atomic mass is 9.63. The van der Waals surface area contributed by atoms with Crippen LogP contribution in [-0.4, -0.2) is 33.8 Å². The lowest BCUT2D eigenvalue weighted by Crippen LogP contribution is -2.48. The molecule has 4 aliphatic carbocycles. The number of hydrogen-bond acceptors (Lipinski definition) is 3. The van der Waals surface area contributed by atoms with Crippen LogP contribution in [0, 0.1) is 41.4 Å². The Kier molecular flexibility index (Phi) is 2.46. The van der Waals surface area contributed by atoms with Crippen molar-refractivity contribution in [3.05, 3.63) is 12.2 Å². The smallest absolute Gasteiger partial charge is 0.327 e. The molecule has 0 radical (unpaired) electrons. The van der Waals surface area contributed by atoms with E-state index in [4.69, 9.17) is 0 Å². The predicted octanol–water partition coefficient (Wildman–Crippen LogP) is 1.15. The molecule has 21 heavy (non-hydrogen) atoms. The molecule has 1 aliphatic heterocycles. The van der Waals surface area contributed by atoms with Gasteiger partial charge in [0.2, 0.25) is 11.8 Å². The molecular weight excluding hydrogens is 270 g/mol. The maximum atomic E-state index is 12.8. The van der Waals surface area contributed by atoms with E-state index in [1.807, 2.05) is 0 Å². The molecule has 0 aromatic rings. The lowest BCUT2D eigenvalue weighted by Gasteiger charge is -2.37. The van der Waals surface area contributed by atoms with Gasteiger partial charge in [0.25, 0.3) is 0 Å². The first-order chi connectivity index (χ1) is 9.93. The van der Waals surface area contributed by atoms with Gasteiger partial charge in [-0.2, -0.15) is 0 Å². The van der Waals surface area contributed by atoms with Crippen molar-refractivity contribution in [1.29, 1.82) is 0 Å². The highest BCUT2D eigenvalue weighted by Gasteiger charge is 2.68. The summed E-state index contributed by atoms with van der Waals surface area (Å²) in [6.07, 6.45) is 5.31. The molecule has 5 nitrogen and oxygen atoms in total. The Morgan fingerprint density at radius 3 is 2.00 bits per heavy atom. The number of hydrogen-bond donors (Lipinski definition) is 1. The van der Waals surface area contributed by atoms with Crippen LogP contribution in [0.15, 0.2) is 12.2 Å². The average Bonchev–Trinajstić information content (AvgIpc) is 3.19. The molecule has 3 fully saturated rings. The van der Waals surface area contributed by atoms with Crippen molar-refractivity contribution >= 4 is 17.8 Å². The van der Waals surface area contributed by atoms with Crippen molar-refractivity contribution in [3.63, 3.8) is 0 Å². The van der Waals surface area contributed by atoms with Gasteiger partial charge in [-0.25, -0.2) is 4.79 Å². The van der Waals surface area contributed by atoms with Gasteiger partial charge in [-0.05, 0) is 36.0 Å². The fourth-order valence-corrected chi connectivity index (χ4v) is 4.95. The van der Waals surface area contributed by atoms with Gasteiger partial charge < -0.3 is 5.11 Å². The monoisotopic (exact) mass is 289 g/mol. The molecule has 0 unspecified atom stereocenters. The highest BCUT2D eigenvalue weighted by molar-refractivity contribution is 6.08. The molecule has 112 valence electrons. The summed E-state index contributed by atoms with van der Waals surface area (Å²) in [6.45, 7) is 3.48. The average molecular weight is 289 g/mol. The van der Waals surface area contributed by atoms with E-state index >= 15 is 0 Å². The lowest BCUT2D eigenvalue weighted by molar-refractivity contribution is -0.157. The third-order valence-electron chi connectivity index (χ3n) is 5.86. The molecule has 0 aromatic heterocycles. The Hall–Kier alpha value is -1.65. The molecular formula is C16H19NO4. The van der Waals surface area contributed by atoms with Gasteiger partial charge in [0.05, 0.1) is 11.8 Å². The number of nitrogens with zero attached hydrogens (tertiary/aromatic N) is 1. The molecule has 5 heteroatoms. The van der Waals surface area contributed by atoms with Crippen LogP contribution in [0.3, 0.4) is 0 Å². The summed E-state index contributed by atoms with van der Waals surface area (Å²) in [5.41, 5.74) is 0. The van der Waals surface area contributed by atoms with E-state index in [-0.39, 0.29) is 41.4 Å². The SMILES string of the molecule is CC(C)[C@H](C(=O)O)N1C(=O)[C@@H]2[C@@H]3C=C[C@H]([C@@H]4C[C@@H]34)[C@@H]2C1=O. The Bertz CT molecular complexity index is 545. The molecule has 2 bridgehead atoms. The Labute approximate surface area is 123 Å². The van der Waals surface area contributed by atoms with E-state index < -0.39 is 12.0 Å². The first-order valence-corrected chi connectivity index (χ1v) is 7.71. The third kappa shape index (κ3) is 1.49. The minimum atomic E-state index is -1.09. The standard InChI is InChI=1S/C16H19NO4/c1-6(2)13(16(20)21)17-14(18)11-7-3-4-8(10-5-9(7)10)12(11)15(17)19/h3-4,6-13H,5H2,1-2H3,(H,20,21)/t7-,8-,9+,10+,11-,12+,13-/m1/s1. The number of likely N-dealkylation sites (tertiary alicyclic amines) is 1. The van der Waals surface area contributed by atoms with Gasteiger partial charge in [-0.1, -0.05) is 26.0 Å². The molecule has 1 heterocycles. The molecule has 0 spiro atoms. The summed E-state index contributed by atoms with van der Waals surface area (Å²) < 4.78 is 0. The predicted molar refractivity (Wildman–Crippen MR) is 72.8 cm³/mol. The molecule has 2 amide bonds. The summed E-state index contributed by atoms with van der Waals surface area (Å²) in [4.78, 5) is 38.1. The van der Waals surface area contributed by atoms with E-state index in [2.05, 4.69) is 12.2 Å². The van der Waals surface area contributed by atoms with Gasteiger partial charge in [0, 0.05) is 0 Å². The summed E-state index contributed by atoms with van der Waals surface area (Å²) in [6, 6.07) is -1.04. The minimum absolute atomic E-state index is 0.146. The van der Waals surface area contributed by atoms with Crippen LogP contribution in [0.25, 0.3) is 0 Å². The van der Waals surface area contributed by atoms with E-state index in [1.165, 1.54) is 0 Å². The molecule has 1 N–H and O–H groups in total. The highest BCUT2D eigenvalue weighted by atomic mass is 16.4. The van der Waals surface area contributed by atoms with Crippen molar-refractivity contribution in [2.75, 3.05) is 0 Å². The first kappa shape index (κ1) is 13.0. The number of allylic oxidation sites excluding steroid dienone is 2. The Balaban J connectivity index is 1.73. The van der Waals surface area contributed by atoms with Crippen LogP contribution >= 0.6 is 0 Å². The molecule has 1 saturated heterocycles. The number of carboxylic acids is 1. The van der Waals surface area contributed by atoms with Crippen LogP contribution < -0.4 is 0 Å². The van der Waals surface area contributed by atoms with Crippen molar-refractivity contribution < 1.29 is 19.5 Å². The fraction of sp³-hybridized carbons (Fsp3) is 0.688. The number of carboxylic acid groups (broad SMARTS) is 1. The van der Waals surface area contributed by atoms with E-state index in [0.717, 1.165) is 11.3 Å². The quantitative estimate of drug-likeness (QED) is 0.624. The molecule has 5 aliphatic rings. The zero-order valence-electron chi connectivity index (χ0n) is 12.1.